The summed E-state index contributed by atoms with van der Waals surface area (Å²) in [5.41, 5.74) is 9.81. The van der Waals surface area contributed by atoms with E-state index < -0.39 is 0 Å². The number of carbonyl (C=O) groups excluding carboxylic acids is 1. The molecule has 1 aliphatic rings. The monoisotopic (exact) mass is 316 g/mol. The van der Waals surface area contributed by atoms with E-state index in [9.17, 15) is 4.79 Å². The first-order chi connectivity index (χ1) is 11.5. The summed E-state index contributed by atoms with van der Waals surface area (Å²) in [6.07, 6.45) is 0. The molecule has 0 bridgehead atoms. The number of carbonyl (C=O) groups is 1. The fourth-order valence-electron chi connectivity index (χ4n) is 2.89. The van der Waals surface area contributed by atoms with Crippen LogP contribution in [-0.4, -0.2) is 23.1 Å². The molecule has 0 radical (unpaired) electrons. The van der Waals surface area contributed by atoms with Crippen LogP contribution in [-0.2, 0) is 6.54 Å². The minimum atomic E-state index is -0.142. The maximum absolute atomic E-state index is 12.5. The van der Waals surface area contributed by atoms with Gasteiger partial charge in [0.05, 0.1) is 18.3 Å². The van der Waals surface area contributed by atoms with Crippen LogP contribution < -0.4 is 5.73 Å². The maximum atomic E-state index is 12.5. The first-order valence-electron chi connectivity index (χ1n) is 7.45. The quantitative estimate of drug-likeness (QED) is 0.516. The molecule has 2 aromatic rings. The van der Waals surface area contributed by atoms with Crippen molar-refractivity contribution < 1.29 is 4.79 Å². The molecule has 2 aromatic carbocycles. The second-order valence-electron chi connectivity index (χ2n) is 5.67. The van der Waals surface area contributed by atoms with Gasteiger partial charge in [0, 0.05) is 34.5 Å². The zero-order chi connectivity index (χ0) is 17.3. The van der Waals surface area contributed by atoms with E-state index in [2.05, 4.69) is 6.58 Å². The highest BCUT2D eigenvalue weighted by molar-refractivity contribution is 6.16. The molecule has 1 aliphatic heterocycles. The Morgan fingerprint density at radius 3 is 2.67 bits per heavy atom. The maximum Gasteiger partial charge on any atom is 0.254 e. The van der Waals surface area contributed by atoms with Crippen molar-refractivity contribution >= 4 is 17.3 Å². The summed E-state index contributed by atoms with van der Waals surface area (Å²) >= 11 is 0. The van der Waals surface area contributed by atoms with Gasteiger partial charge in [-0.15, -0.1) is 0 Å². The van der Waals surface area contributed by atoms with E-state index in [-0.39, 0.29) is 12.5 Å². The van der Waals surface area contributed by atoms with Crippen molar-refractivity contribution in [3.63, 3.8) is 0 Å². The molecule has 5 nitrogen and oxygen atoms in total. The number of para-hydroxylation sites is 1. The highest BCUT2D eigenvalue weighted by Crippen LogP contribution is 2.29. The van der Waals surface area contributed by atoms with Crippen molar-refractivity contribution in [2.75, 3.05) is 12.3 Å². The molecule has 1 heterocycles. The molecule has 3 N–H and O–H groups in total. The Labute approximate surface area is 140 Å². The number of nitrogen functional groups attached to an aromatic ring is 1. The van der Waals surface area contributed by atoms with Crippen LogP contribution in [0.2, 0.25) is 0 Å². The number of rotatable bonds is 4. The molecular formula is C19H16N4O. The predicted octanol–water partition coefficient (Wildman–Crippen LogP) is 2.72. The number of hydrogen-bond donors (Lipinski definition) is 2. The number of hydrogen-bond acceptors (Lipinski definition) is 4. The van der Waals surface area contributed by atoms with E-state index in [0.717, 1.165) is 5.56 Å². The average molecular weight is 316 g/mol. The van der Waals surface area contributed by atoms with Gasteiger partial charge in [-0.2, -0.15) is 5.26 Å². The number of nitriles is 1. The number of anilines is 1. The Kier molecular flexibility index (Phi) is 3.88. The summed E-state index contributed by atoms with van der Waals surface area (Å²) in [5, 5.41) is 17.4. The molecule has 0 atom stereocenters. The summed E-state index contributed by atoms with van der Waals surface area (Å²) in [4.78, 5) is 14.1. The summed E-state index contributed by atoms with van der Waals surface area (Å²) < 4.78 is 0. The van der Waals surface area contributed by atoms with Gasteiger partial charge in [-0.1, -0.05) is 36.9 Å². The Bertz CT molecular complexity index is 908. The lowest BCUT2D eigenvalue weighted by Crippen LogP contribution is -2.25. The van der Waals surface area contributed by atoms with E-state index in [1.807, 2.05) is 24.3 Å². The lowest BCUT2D eigenvalue weighted by molar-refractivity contribution is 0.0794. The van der Waals surface area contributed by atoms with Gasteiger partial charge in [-0.05, 0) is 17.7 Å². The highest BCUT2D eigenvalue weighted by Gasteiger charge is 2.30. The third-order valence-electron chi connectivity index (χ3n) is 4.08. The van der Waals surface area contributed by atoms with E-state index in [0.29, 0.717) is 40.2 Å². The van der Waals surface area contributed by atoms with Crippen LogP contribution in [0.3, 0.4) is 0 Å². The molecule has 0 saturated carbocycles. The zero-order valence-electron chi connectivity index (χ0n) is 13.0. The van der Waals surface area contributed by atoms with Gasteiger partial charge in [0.25, 0.3) is 5.91 Å². The van der Waals surface area contributed by atoms with Gasteiger partial charge >= 0.3 is 0 Å². The number of fused-ring (bicyclic) bond motifs is 1. The summed E-state index contributed by atoms with van der Waals surface area (Å²) in [6.45, 7) is 4.20. The molecule has 0 aliphatic carbocycles. The van der Waals surface area contributed by atoms with Crippen LogP contribution in [0.5, 0.6) is 0 Å². The first kappa shape index (κ1) is 15.5. The van der Waals surface area contributed by atoms with Gasteiger partial charge in [-0.3, -0.25) is 10.2 Å². The predicted molar refractivity (Wildman–Crippen MR) is 92.7 cm³/mol. The van der Waals surface area contributed by atoms with Gasteiger partial charge in [0.15, 0.2) is 0 Å². The second-order valence-corrected chi connectivity index (χ2v) is 5.67. The summed E-state index contributed by atoms with van der Waals surface area (Å²) in [6, 6.07) is 14.5. The Balaban J connectivity index is 2.00. The van der Waals surface area contributed by atoms with E-state index in [1.165, 1.54) is 0 Å². The molecule has 0 spiro atoms. The average Bonchev–Trinajstić information content (AvgIpc) is 2.90. The Hall–Kier alpha value is -3.39. The molecule has 24 heavy (non-hydrogen) atoms. The van der Waals surface area contributed by atoms with Crippen LogP contribution in [0.25, 0.3) is 0 Å². The van der Waals surface area contributed by atoms with E-state index >= 15 is 0 Å². The first-order valence-corrected chi connectivity index (χ1v) is 7.45. The number of amides is 1. The van der Waals surface area contributed by atoms with Crippen LogP contribution >= 0.6 is 0 Å². The van der Waals surface area contributed by atoms with Gasteiger partial charge < -0.3 is 10.6 Å². The molecule has 0 aromatic heterocycles. The van der Waals surface area contributed by atoms with Crippen LogP contribution in [0, 0.1) is 16.7 Å². The zero-order valence-corrected chi connectivity index (χ0v) is 13.0. The minimum Gasteiger partial charge on any atom is -0.398 e. The molecule has 118 valence electrons. The van der Waals surface area contributed by atoms with Crippen molar-refractivity contribution in [2.24, 2.45) is 0 Å². The van der Waals surface area contributed by atoms with Gasteiger partial charge in [0.1, 0.15) is 0 Å². The van der Waals surface area contributed by atoms with Gasteiger partial charge in [0.2, 0.25) is 0 Å². The second kappa shape index (κ2) is 6.01. The fourth-order valence-corrected chi connectivity index (χ4v) is 2.89. The van der Waals surface area contributed by atoms with Crippen molar-refractivity contribution in [3.05, 3.63) is 76.9 Å². The number of nitrogens with zero attached hydrogens (tertiary/aromatic N) is 2. The molecule has 0 unspecified atom stereocenters. The van der Waals surface area contributed by atoms with Crippen molar-refractivity contribution in [2.45, 2.75) is 6.54 Å². The SMILES string of the molecule is C=C(C#N)CN1Cc2c(C(=N)c3ccccc3N)cccc2C1=O. The molecule has 0 saturated heterocycles. The molecule has 5 heteroatoms. The van der Waals surface area contributed by atoms with Crippen molar-refractivity contribution in [1.29, 1.82) is 10.7 Å². The van der Waals surface area contributed by atoms with Crippen molar-refractivity contribution in [1.82, 2.24) is 4.90 Å². The van der Waals surface area contributed by atoms with Crippen LogP contribution in [0.4, 0.5) is 5.69 Å². The standard InChI is InChI=1S/C19H16N4O/c1-12(9-20)10-23-11-16-13(6-4-7-14(16)19(23)24)18(22)15-5-2-3-8-17(15)21/h2-8,22H,1,10-11,21H2. The normalized spacial score (nSPS) is 12.6. The van der Waals surface area contributed by atoms with E-state index in [1.54, 1.807) is 29.2 Å². The van der Waals surface area contributed by atoms with E-state index in [4.69, 9.17) is 16.4 Å². The summed E-state index contributed by atoms with van der Waals surface area (Å²) in [5.74, 6) is -0.142. The smallest absolute Gasteiger partial charge is 0.254 e. The van der Waals surface area contributed by atoms with Crippen LogP contribution in [0.1, 0.15) is 27.0 Å². The highest BCUT2D eigenvalue weighted by atomic mass is 16.2. The van der Waals surface area contributed by atoms with Gasteiger partial charge in [-0.25, -0.2) is 0 Å². The summed E-state index contributed by atoms with van der Waals surface area (Å²) in [7, 11) is 0. The fraction of sp³-hybridized carbons (Fsp3) is 0.105. The lowest BCUT2D eigenvalue weighted by atomic mass is 9.94. The molecule has 3 rings (SSSR count). The lowest BCUT2D eigenvalue weighted by Gasteiger charge is -2.14. The Morgan fingerprint density at radius 1 is 1.25 bits per heavy atom. The number of benzene rings is 2. The Morgan fingerprint density at radius 2 is 1.96 bits per heavy atom. The third kappa shape index (κ3) is 2.55. The molecule has 1 amide bonds. The number of nitrogens with two attached hydrogens (primary N) is 1. The molecular weight excluding hydrogens is 300 g/mol. The van der Waals surface area contributed by atoms with Crippen molar-refractivity contribution in [3.8, 4) is 6.07 Å². The molecule has 0 fully saturated rings. The van der Waals surface area contributed by atoms with Crippen LogP contribution in [0.15, 0.2) is 54.6 Å². The largest absolute Gasteiger partial charge is 0.398 e. The topological polar surface area (TPSA) is 94.0 Å². The number of nitrogens with one attached hydrogen (secondary N) is 1. The minimum absolute atomic E-state index is 0.142. The third-order valence-corrected chi connectivity index (χ3v) is 4.08.